The predicted octanol–water partition coefficient (Wildman–Crippen LogP) is 4.90. The molecule has 6 nitrogen and oxygen atoms in total. The van der Waals surface area contributed by atoms with Crippen LogP contribution in [0, 0.1) is 0 Å². The fourth-order valence-corrected chi connectivity index (χ4v) is 5.11. The average Bonchev–Trinajstić information content (AvgIpc) is 3.30. The Balaban J connectivity index is 1.77. The number of thioether (sulfide) groups is 1. The number of hydrogen-bond donors (Lipinski definition) is 1. The molecule has 0 saturated heterocycles. The second-order valence-corrected chi connectivity index (χ2v) is 10.4. The van der Waals surface area contributed by atoms with Crippen molar-refractivity contribution in [3.63, 3.8) is 0 Å². The van der Waals surface area contributed by atoms with Crippen molar-refractivity contribution in [2.75, 3.05) is 12.3 Å². The number of thiophene rings is 1. The molecule has 0 aliphatic heterocycles. The van der Waals surface area contributed by atoms with Crippen LogP contribution in [0.1, 0.15) is 28.8 Å². The summed E-state index contributed by atoms with van der Waals surface area (Å²) < 4.78 is 3.89. The third-order valence-electron chi connectivity index (χ3n) is 3.92. The molecule has 0 aliphatic rings. The maximum absolute atomic E-state index is 12.5. The van der Waals surface area contributed by atoms with E-state index in [4.69, 9.17) is 0 Å². The van der Waals surface area contributed by atoms with Crippen molar-refractivity contribution in [3.8, 4) is 5.69 Å². The quantitative estimate of drug-likeness (QED) is 0.230. The van der Waals surface area contributed by atoms with E-state index in [9.17, 15) is 9.59 Å². The Bertz CT molecular complexity index is 1000. The van der Waals surface area contributed by atoms with Gasteiger partial charge in [0, 0.05) is 30.0 Å². The fraction of sp³-hybridized carbons (Fsp3) is 0.263. The summed E-state index contributed by atoms with van der Waals surface area (Å²) in [6.07, 6.45) is 1.41. The van der Waals surface area contributed by atoms with Crippen molar-refractivity contribution in [1.29, 1.82) is 0 Å². The van der Waals surface area contributed by atoms with Crippen LogP contribution in [-0.4, -0.2) is 38.8 Å². The van der Waals surface area contributed by atoms with Crippen LogP contribution in [0.3, 0.4) is 0 Å². The molecular formula is C19H18Br2N4O2S2. The monoisotopic (exact) mass is 556 g/mol. The van der Waals surface area contributed by atoms with Crippen molar-refractivity contribution in [2.45, 2.75) is 24.9 Å². The minimum Gasteiger partial charge on any atom is -0.356 e. The number of ketones is 1. The number of carbonyl (C=O) groups excluding carboxylic acids is 2. The molecule has 0 fully saturated rings. The first-order valence-electron chi connectivity index (χ1n) is 8.80. The van der Waals surface area contributed by atoms with Gasteiger partial charge in [0.05, 0.1) is 14.4 Å². The minimum atomic E-state index is -0.0469. The maximum atomic E-state index is 12.5. The second-order valence-electron chi connectivity index (χ2n) is 6.11. The van der Waals surface area contributed by atoms with E-state index in [1.807, 2.05) is 41.0 Å². The third-order valence-corrected chi connectivity index (χ3v) is 7.04. The molecule has 0 radical (unpaired) electrons. The summed E-state index contributed by atoms with van der Waals surface area (Å²) in [7, 11) is 0. The predicted molar refractivity (Wildman–Crippen MR) is 123 cm³/mol. The minimum absolute atomic E-state index is 0.0469. The highest BCUT2D eigenvalue weighted by Gasteiger charge is 2.17. The van der Waals surface area contributed by atoms with Gasteiger partial charge in [-0.2, -0.15) is 0 Å². The molecular weight excluding hydrogens is 540 g/mol. The summed E-state index contributed by atoms with van der Waals surface area (Å²) in [5, 5.41) is 12.1. The first-order valence-corrected chi connectivity index (χ1v) is 12.2. The lowest BCUT2D eigenvalue weighted by Gasteiger charge is -2.10. The van der Waals surface area contributed by atoms with Gasteiger partial charge in [-0.15, -0.1) is 21.5 Å². The SMILES string of the molecule is CC(=O)NCCCc1nnc(SCC(=O)c2ccc(Br)s2)n1-c1ccc(Br)cc1. The van der Waals surface area contributed by atoms with E-state index >= 15 is 0 Å². The van der Waals surface area contributed by atoms with E-state index < -0.39 is 0 Å². The number of halogens is 2. The van der Waals surface area contributed by atoms with Gasteiger partial charge in [-0.3, -0.25) is 14.2 Å². The molecule has 0 spiro atoms. The molecule has 29 heavy (non-hydrogen) atoms. The summed E-state index contributed by atoms with van der Waals surface area (Å²) in [6.45, 7) is 2.08. The van der Waals surface area contributed by atoms with Crippen LogP contribution in [0.4, 0.5) is 0 Å². The summed E-state index contributed by atoms with van der Waals surface area (Å²) in [5.41, 5.74) is 0.932. The molecule has 3 rings (SSSR count). The van der Waals surface area contributed by atoms with E-state index in [1.165, 1.54) is 30.0 Å². The highest BCUT2D eigenvalue weighted by Crippen LogP contribution is 2.27. The molecule has 0 unspecified atom stereocenters. The van der Waals surface area contributed by atoms with Crippen LogP contribution in [-0.2, 0) is 11.2 Å². The number of amides is 1. The van der Waals surface area contributed by atoms with Crippen LogP contribution in [0.15, 0.2) is 49.8 Å². The van der Waals surface area contributed by atoms with Gasteiger partial charge in [-0.1, -0.05) is 27.7 Å². The Morgan fingerprint density at radius 3 is 2.55 bits per heavy atom. The fourth-order valence-electron chi connectivity index (χ4n) is 2.58. The molecule has 0 saturated carbocycles. The molecule has 1 aromatic carbocycles. The van der Waals surface area contributed by atoms with Crippen molar-refractivity contribution < 1.29 is 9.59 Å². The normalized spacial score (nSPS) is 10.9. The van der Waals surface area contributed by atoms with E-state index in [-0.39, 0.29) is 17.4 Å². The summed E-state index contributed by atoms with van der Waals surface area (Å²) in [4.78, 5) is 24.2. The number of carbonyl (C=O) groups is 2. The summed E-state index contributed by atoms with van der Waals surface area (Å²) in [6, 6.07) is 11.6. The average molecular weight is 558 g/mol. The van der Waals surface area contributed by atoms with Gasteiger partial charge in [0.15, 0.2) is 10.9 Å². The Labute approximate surface area is 193 Å². The summed E-state index contributed by atoms with van der Waals surface area (Å²) in [5.74, 6) is 1.09. The standard InChI is InChI=1S/C19H18Br2N4O2S2/c1-12(26)22-10-2-3-18-23-24-19(25(18)14-6-4-13(20)5-7-14)28-11-15(27)16-8-9-17(21)29-16/h4-9H,2-3,10-11H2,1H3,(H,22,26). The number of nitrogens with one attached hydrogen (secondary N) is 1. The van der Waals surface area contributed by atoms with Gasteiger partial charge in [0.2, 0.25) is 5.91 Å². The first-order chi connectivity index (χ1) is 13.9. The molecule has 2 aromatic heterocycles. The Kier molecular flexibility index (Phi) is 8.05. The topological polar surface area (TPSA) is 76.9 Å². The van der Waals surface area contributed by atoms with Crippen LogP contribution in [0.25, 0.3) is 5.69 Å². The molecule has 0 aliphatic carbocycles. The molecule has 0 bridgehead atoms. The van der Waals surface area contributed by atoms with Crippen LogP contribution in [0.2, 0.25) is 0 Å². The smallest absolute Gasteiger partial charge is 0.216 e. The van der Waals surface area contributed by atoms with Gasteiger partial charge < -0.3 is 5.32 Å². The molecule has 2 heterocycles. The van der Waals surface area contributed by atoms with E-state index in [0.29, 0.717) is 18.1 Å². The van der Waals surface area contributed by atoms with Crippen LogP contribution < -0.4 is 5.32 Å². The second kappa shape index (κ2) is 10.5. The molecule has 0 atom stereocenters. The highest BCUT2D eigenvalue weighted by atomic mass is 79.9. The van der Waals surface area contributed by atoms with Crippen LogP contribution in [0.5, 0.6) is 0 Å². The van der Waals surface area contributed by atoms with Crippen molar-refractivity contribution >= 4 is 66.6 Å². The van der Waals surface area contributed by atoms with E-state index in [1.54, 1.807) is 0 Å². The van der Waals surface area contributed by atoms with E-state index in [2.05, 4.69) is 47.4 Å². The summed E-state index contributed by atoms with van der Waals surface area (Å²) >= 11 is 9.64. The van der Waals surface area contributed by atoms with Crippen LogP contribution >= 0.6 is 55.0 Å². The van der Waals surface area contributed by atoms with Gasteiger partial charge in [0.1, 0.15) is 5.82 Å². The third kappa shape index (κ3) is 6.24. The maximum Gasteiger partial charge on any atom is 0.216 e. The number of hydrogen-bond acceptors (Lipinski definition) is 6. The number of benzene rings is 1. The Hall–Kier alpha value is -1.49. The number of Topliss-reactive ketones (excluding diaryl/α,β-unsaturated/α-hetero) is 1. The lowest BCUT2D eigenvalue weighted by Crippen LogP contribution is -2.21. The molecule has 152 valence electrons. The van der Waals surface area contributed by atoms with Gasteiger partial charge in [-0.05, 0) is 58.7 Å². The first kappa shape index (κ1) is 22.2. The Morgan fingerprint density at radius 1 is 1.14 bits per heavy atom. The molecule has 3 aromatic rings. The number of aryl methyl sites for hydroxylation is 1. The molecule has 1 amide bonds. The largest absolute Gasteiger partial charge is 0.356 e. The highest BCUT2D eigenvalue weighted by molar-refractivity contribution is 9.11. The number of rotatable bonds is 9. The van der Waals surface area contributed by atoms with Gasteiger partial charge in [0.25, 0.3) is 0 Å². The molecule has 1 N–H and O–H groups in total. The molecule has 10 heteroatoms. The lowest BCUT2D eigenvalue weighted by molar-refractivity contribution is -0.118. The van der Waals surface area contributed by atoms with Gasteiger partial charge in [-0.25, -0.2) is 0 Å². The van der Waals surface area contributed by atoms with Crippen molar-refractivity contribution in [3.05, 3.63) is 55.4 Å². The van der Waals surface area contributed by atoms with Crippen molar-refractivity contribution in [1.82, 2.24) is 20.1 Å². The van der Waals surface area contributed by atoms with E-state index in [0.717, 1.165) is 31.1 Å². The van der Waals surface area contributed by atoms with Crippen molar-refractivity contribution in [2.24, 2.45) is 0 Å². The lowest BCUT2D eigenvalue weighted by atomic mass is 10.2. The number of nitrogens with zero attached hydrogens (tertiary/aromatic N) is 3. The zero-order valence-electron chi connectivity index (χ0n) is 15.5. The zero-order valence-corrected chi connectivity index (χ0v) is 20.3. The Morgan fingerprint density at radius 2 is 1.90 bits per heavy atom. The number of aromatic nitrogens is 3. The zero-order chi connectivity index (χ0) is 20.8. The van der Waals surface area contributed by atoms with Gasteiger partial charge >= 0.3 is 0 Å².